The molecule has 1 aromatic heterocycles. The summed E-state index contributed by atoms with van der Waals surface area (Å²) in [5.74, 6) is -1.07. The van der Waals surface area contributed by atoms with E-state index in [4.69, 9.17) is 0 Å². The Morgan fingerprint density at radius 1 is 1.60 bits per heavy atom. The van der Waals surface area contributed by atoms with Crippen molar-refractivity contribution < 1.29 is 23.0 Å². The first kappa shape index (κ1) is 11.4. The lowest BCUT2D eigenvalue weighted by molar-refractivity contribution is -0.0507. The van der Waals surface area contributed by atoms with Crippen LogP contribution in [0.1, 0.15) is 17.4 Å². The minimum Gasteiger partial charge on any atom is -0.461 e. The molecule has 0 saturated carbocycles. The Morgan fingerprint density at radius 2 is 2.33 bits per heavy atom. The molecule has 1 rings (SSSR count). The van der Waals surface area contributed by atoms with E-state index in [1.807, 2.05) is 0 Å². The van der Waals surface area contributed by atoms with Gasteiger partial charge in [0.2, 0.25) is 0 Å². The van der Waals surface area contributed by atoms with Crippen LogP contribution >= 0.6 is 0 Å². The standard InChI is InChI=1S/C9H9F2NO3/c1-2-14-8(13)7-6(15-9(10)11)4-3-5-12-7/h3-5,9H,2H2,1H3. The second-order valence-corrected chi connectivity index (χ2v) is 2.45. The molecule has 15 heavy (non-hydrogen) atoms. The predicted octanol–water partition coefficient (Wildman–Crippen LogP) is 1.86. The Morgan fingerprint density at radius 3 is 2.93 bits per heavy atom. The molecule has 0 aliphatic carbocycles. The van der Waals surface area contributed by atoms with Gasteiger partial charge in [-0.2, -0.15) is 8.78 Å². The van der Waals surface area contributed by atoms with Crippen LogP contribution in [0.25, 0.3) is 0 Å². The van der Waals surface area contributed by atoms with Crippen LogP contribution in [-0.2, 0) is 4.74 Å². The molecule has 0 saturated heterocycles. The van der Waals surface area contributed by atoms with E-state index in [9.17, 15) is 13.6 Å². The molecule has 6 heteroatoms. The SMILES string of the molecule is CCOC(=O)c1ncccc1OC(F)F. The van der Waals surface area contributed by atoms with Gasteiger partial charge in [0.1, 0.15) is 0 Å². The van der Waals surface area contributed by atoms with Gasteiger partial charge in [0.25, 0.3) is 0 Å². The Balaban J connectivity index is 2.90. The topological polar surface area (TPSA) is 48.4 Å². The van der Waals surface area contributed by atoms with Crippen LogP contribution in [0.2, 0.25) is 0 Å². The second-order valence-electron chi connectivity index (χ2n) is 2.45. The summed E-state index contributed by atoms with van der Waals surface area (Å²) in [6.45, 7) is -1.25. The van der Waals surface area contributed by atoms with Crippen LogP contribution < -0.4 is 4.74 Å². The molecule has 0 N–H and O–H groups in total. The largest absolute Gasteiger partial charge is 0.461 e. The molecule has 0 amide bonds. The Kier molecular flexibility index (Phi) is 3.96. The van der Waals surface area contributed by atoms with Crippen molar-refractivity contribution in [1.29, 1.82) is 0 Å². The molecule has 82 valence electrons. The number of alkyl halides is 2. The summed E-state index contributed by atoms with van der Waals surface area (Å²) < 4.78 is 32.6. The maximum Gasteiger partial charge on any atom is 0.387 e. The van der Waals surface area contributed by atoms with Gasteiger partial charge in [-0.15, -0.1) is 0 Å². The number of esters is 1. The molecule has 4 nitrogen and oxygen atoms in total. The van der Waals surface area contributed by atoms with Gasteiger partial charge < -0.3 is 9.47 Å². The lowest BCUT2D eigenvalue weighted by Gasteiger charge is -2.08. The lowest BCUT2D eigenvalue weighted by atomic mass is 10.3. The van der Waals surface area contributed by atoms with Crippen LogP contribution in [0.5, 0.6) is 5.75 Å². The van der Waals surface area contributed by atoms with Crippen molar-refractivity contribution in [3.63, 3.8) is 0 Å². The van der Waals surface area contributed by atoms with Gasteiger partial charge in [-0.3, -0.25) is 0 Å². The molecule has 1 heterocycles. The van der Waals surface area contributed by atoms with Crippen molar-refractivity contribution in [1.82, 2.24) is 4.98 Å². The van der Waals surface area contributed by atoms with Gasteiger partial charge in [0.15, 0.2) is 11.4 Å². The molecular weight excluding hydrogens is 208 g/mol. The van der Waals surface area contributed by atoms with Crippen molar-refractivity contribution in [3.05, 3.63) is 24.0 Å². The molecular formula is C9H9F2NO3. The number of rotatable bonds is 4. The molecule has 0 bridgehead atoms. The zero-order chi connectivity index (χ0) is 11.3. The van der Waals surface area contributed by atoms with E-state index in [-0.39, 0.29) is 18.1 Å². The van der Waals surface area contributed by atoms with E-state index in [1.54, 1.807) is 6.92 Å². The fourth-order valence-corrected chi connectivity index (χ4v) is 0.934. The molecule has 0 aliphatic heterocycles. The highest BCUT2D eigenvalue weighted by molar-refractivity contribution is 5.90. The highest BCUT2D eigenvalue weighted by Crippen LogP contribution is 2.18. The first-order chi connectivity index (χ1) is 7.15. The van der Waals surface area contributed by atoms with Gasteiger partial charge in [0.05, 0.1) is 6.61 Å². The van der Waals surface area contributed by atoms with Crippen molar-refractivity contribution in [2.75, 3.05) is 6.61 Å². The van der Waals surface area contributed by atoms with Crippen LogP contribution in [-0.4, -0.2) is 24.2 Å². The zero-order valence-corrected chi connectivity index (χ0v) is 7.94. The number of ether oxygens (including phenoxy) is 2. The number of aromatic nitrogens is 1. The van der Waals surface area contributed by atoms with Crippen molar-refractivity contribution >= 4 is 5.97 Å². The summed E-state index contributed by atoms with van der Waals surface area (Å²) in [6, 6.07) is 2.62. The number of pyridine rings is 1. The predicted molar refractivity (Wildman–Crippen MR) is 46.8 cm³/mol. The summed E-state index contributed by atoms with van der Waals surface area (Å²) in [5.41, 5.74) is -0.250. The summed E-state index contributed by atoms with van der Waals surface area (Å²) in [4.78, 5) is 14.9. The molecule has 0 radical (unpaired) electrons. The van der Waals surface area contributed by atoms with E-state index in [2.05, 4.69) is 14.5 Å². The van der Waals surface area contributed by atoms with E-state index >= 15 is 0 Å². The zero-order valence-electron chi connectivity index (χ0n) is 7.94. The smallest absolute Gasteiger partial charge is 0.387 e. The van der Waals surface area contributed by atoms with Gasteiger partial charge in [-0.05, 0) is 19.1 Å². The molecule has 0 atom stereocenters. The van der Waals surface area contributed by atoms with Crippen LogP contribution in [0, 0.1) is 0 Å². The van der Waals surface area contributed by atoms with Crippen molar-refractivity contribution in [2.45, 2.75) is 13.5 Å². The number of carbonyl (C=O) groups excluding carboxylic acids is 1. The maximum absolute atomic E-state index is 11.9. The Bertz CT molecular complexity index is 344. The highest BCUT2D eigenvalue weighted by Gasteiger charge is 2.17. The first-order valence-electron chi connectivity index (χ1n) is 4.22. The van der Waals surface area contributed by atoms with Gasteiger partial charge in [-0.25, -0.2) is 9.78 Å². The summed E-state index contributed by atoms with van der Waals surface area (Å²) in [5, 5.41) is 0. The van der Waals surface area contributed by atoms with Crippen LogP contribution in [0.3, 0.4) is 0 Å². The molecule has 0 aliphatic rings. The number of hydrogen-bond donors (Lipinski definition) is 0. The minimum atomic E-state index is -3.00. The molecule has 0 aromatic carbocycles. The fourth-order valence-electron chi connectivity index (χ4n) is 0.934. The number of hydrogen-bond acceptors (Lipinski definition) is 4. The first-order valence-corrected chi connectivity index (χ1v) is 4.22. The van der Waals surface area contributed by atoms with Gasteiger partial charge in [0, 0.05) is 6.20 Å². The summed E-state index contributed by atoms with van der Waals surface area (Å²) in [7, 11) is 0. The third-order valence-electron chi connectivity index (χ3n) is 1.46. The molecule has 0 spiro atoms. The summed E-state index contributed by atoms with van der Waals surface area (Å²) >= 11 is 0. The van der Waals surface area contributed by atoms with E-state index in [0.29, 0.717) is 0 Å². The number of halogens is 2. The normalized spacial score (nSPS) is 10.1. The molecule has 0 unspecified atom stereocenters. The monoisotopic (exact) mass is 217 g/mol. The van der Waals surface area contributed by atoms with E-state index in [0.717, 1.165) is 0 Å². The maximum atomic E-state index is 11.9. The van der Waals surface area contributed by atoms with E-state index < -0.39 is 12.6 Å². The quantitative estimate of drug-likeness (QED) is 0.722. The van der Waals surface area contributed by atoms with Crippen molar-refractivity contribution in [3.8, 4) is 5.75 Å². The van der Waals surface area contributed by atoms with E-state index in [1.165, 1.54) is 18.3 Å². The third-order valence-corrected chi connectivity index (χ3v) is 1.46. The summed E-state index contributed by atoms with van der Waals surface area (Å²) in [6.07, 6.45) is 1.30. The van der Waals surface area contributed by atoms with Gasteiger partial charge in [-0.1, -0.05) is 0 Å². The minimum absolute atomic E-state index is 0.142. The average Bonchev–Trinajstić information content (AvgIpc) is 2.18. The van der Waals surface area contributed by atoms with Gasteiger partial charge >= 0.3 is 12.6 Å². The van der Waals surface area contributed by atoms with Crippen molar-refractivity contribution in [2.24, 2.45) is 0 Å². The molecule has 0 fully saturated rings. The third kappa shape index (κ3) is 3.16. The highest BCUT2D eigenvalue weighted by atomic mass is 19.3. The van der Waals surface area contributed by atoms with Crippen LogP contribution in [0.4, 0.5) is 8.78 Å². The number of nitrogens with zero attached hydrogens (tertiary/aromatic N) is 1. The fraction of sp³-hybridized carbons (Fsp3) is 0.333. The molecule has 1 aromatic rings. The average molecular weight is 217 g/mol. The van der Waals surface area contributed by atoms with Crippen LogP contribution in [0.15, 0.2) is 18.3 Å². The lowest BCUT2D eigenvalue weighted by Crippen LogP contribution is -2.12. The Hall–Kier alpha value is -1.72. The number of carbonyl (C=O) groups is 1. The Labute approximate surface area is 84.8 Å². The second kappa shape index (κ2) is 5.23.